The van der Waals surface area contributed by atoms with Gasteiger partial charge in [-0.2, -0.15) is 0 Å². The first kappa shape index (κ1) is 16.6. The second-order valence-corrected chi connectivity index (χ2v) is 6.23. The van der Waals surface area contributed by atoms with E-state index in [1.807, 2.05) is 6.92 Å². The van der Waals surface area contributed by atoms with Crippen LogP contribution in [0, 0.1) is 5.92 Å². The first-order chi connectivity index (χ1) is 10.4. The van der Waals surface area contributed by atoms with Crippen LogP contribution in [-0.2, 0) is 9.59 Å². The van der Waals surface area contributed by atoms with Crippen LogP contribution in [0.2, 0.25) is 0 Å². The first-order valence-electron chi connectivity index (χ1n) is 7.96. The molecule has 2 fully saturated rings. The van der Waals surface area contributed by atoms with E-state index < -0.39 is 0 Å². The third-order valence-corrected chi connectivity index (χ3v) is 4.30. The highest BCUT2D eigenvalue weighted by molar-refractivity contribution is 5.89. The van der Waals surface area contributed by atoms with Crippen molar-refractivity contribution in [3.63, 3.8) is 0 Å². The molecule has 2 saturated heterocycles. The third kappa shape index (κ3) is 3.51. The van der Waals surface area contributed by atoms with Crippen LogP contribution < -0.4 is 0 Å². The standard InChI is InChI=1S/C15H26N4O3/c1-4-5-19-11-12(10-13(19)20)14(21)17-6-8-18(9-7-17)15(22)16(2)3/h12H,4-11H2,1-3H3. The molecule has 124 valence electrons. The molecule has 0 spiro atoms. The van der Waals surface area contributed by atoms with Gasteiger partial charge >= 0.3 is 6.03 Å². The van der Waals surface area contributed by atoms with Gasteiger partial charge in [0.25, 0.3) is 0 Å². The molecule has 0 radical (unpaired) electrons. The lowest BCUT2D eigenvalue weighted by molar-refractivity contribution is -0.137. The average Bonchev–Trinajstić information content (AvgIpc) is 2.87. The molecule has 4 amide bonds. The van der Waals surface area contributed by atoms with Gasteiger partial charge < -0.3 is 19.6 Å². The van der Waals surface area contributed by atoms with E-state index >= 15 is 0 Å². The number of carbonyl (C=O) groups excluding carboxylic acids is 3. The molecular formula is C15H26N4O3. The van der Waals surface area contributed by atoms with Gasteiger partial charge in [0.15, 0.2) is 0 Å². The van der Waals surface area contributed by atoms with Gasteiger partial charge in [-0.15, -0.1) is 0 Å². The summed E-state index contributed by atoms with van der Waals surface area (Å²) < 4.78 is 0. The van der Waals surface area contributed by atoms with Gasteiger partial charge in [0.2, 0.25) is 11.8 Å². The number of amides is 4. The highest BCUT2D eigenvalue weighted by Gasteiger charge is 2.37. The van der Waals surface area contributed by atoms with Gasteiger partial charge in [-0.05, 0) is 6.42 Å². The van der Waals surface area contributed by atoms with E-state index in [4.69, 9.17) is 0 Å². The lowest BCUT2D eigenvalue weighted by atomic mass is 10.1. The molecule has 1 unspecified atom stereocenters. The molecule has 2 heterocycles. The van der Waals surface area contributed by atoms with Crippen molar-refractivity contribution in [2.45, 2.75) is 19.8 Å². The van der Waals surface area contributed by atoms with E-state index in [2.05, 4.69) is 0 Å². The number of nitrogens with zero attached hydrogens (tertiary/aromatic N) is 4. The molecule has 0 aromatic carbocycles. The lowest BCUT2D eigenvalue weighted by Gasteiger charge is -2.36. The zero-order chi connectivity index (χ0) is 16.3. The average molecular weight is 310 g/mol. The molecule has 0 N–H and O–H groups in total. The second-order valence-electron chi connectivity index (χ2n) is 6.23. The number of rotatable bonds is 3. The Hall–Kier alpha value is -1.79. The molecule has 2 rings (SSSR count). The minimum atomic E-state index is -0.213. The Morgan fingerprint density at radius 1 is 1.14 bits per heavy atom. The minimum absolute atomic E-state index is 0.0164. The van der Waals surface area contributed by atoms with Crippen molar-refractivity contribution in [3.05, 3.63) is 0 Å². The van der Waals surface area contributed by atoms with Gasteiger partial charge in [-0.25, -0.2) is 4.79 Å². The minimum Gasteiger partial charge on any atom is -0.342 e. The van der Waals surface area contributed by atoms with E-state index in [0.717, 1.165) is 13.0 Å². The summed E-state index contributed by atoms with van der Waals surface area (Å²) in [5.41, 5.74) is 0. The van der Waals surface area contributed by atoms with Gasteiger partial charge in [0, 0.05) is 59.8 Å². The fourth-order valence-corrected chi connectivity index (χ4v) is 3.08. The predicted molar refractivity (Wildman–Crippen MR) is 82.2 cm³/mol. The summed E-state index contributed by atoms with van der Waals surface area (Å²) in [7, 11) is 3.46. The van der Waals surface area contributed by atoms with Crippen molar-refractivity contribution in [2.75, 3.05) is 53.4 Å². The molecular weight excluding hydrogens is 284 g/mol. The largest absolute Gasteiger partial charge is 0.342 e. The van der Waals surface area contributed by atoms with E-state index in [1.165, 1.54) is 0 Å². The van der Waals surface area contributed by atoms with Gasteiger partial charge in [-0.1, -0.05) is 6.92 Å². The fraction of sp³-hybridized carbons (Fsp3) is 0.800. The monoisotopic (exact) mass is 310 g/mol. The number of hydrogen-bond donors (Lipinski definition) is 0. The van der Waals surface area contributed by atoms with Crippen LogP contribution in [0.1, 0.15) is 19.8 Å². The molecule has 0 aromatic heterocycles. The zero-order valence-corrected chi connectivity index (χ0v) is 13.7. The van der Waals surface area contributed by atoms with E-state index in [-0.39, 0.29) is 23.8 Å². The number of likely N-dealkylation sites (tertiary alicyclic amines) is 1. The van der Waals surface area contributed by atoms with Crippen molar-refractivity contribution >= 4 is 17.8 Å². The third-order valence-electron chi connectivity index (χ3n) is 4.30. The number of hydrogen-bond acceptors (Lipinski definition) is 3. The molecule has 0 aliphatic carbocycles. The molecule has 7 nitrogen and oxygen atoms in total. The molecule has 0 saturated carbocycles. The van der Waals surface area contributed by atoms with Gasteiger partial charge in [-0.3, -0.25) is 9.59 Å². The van der Waals surface area contributed by atoms with E-state index in [1.54, 1.807) is 33.7 Å². The molecule has 1 atom stereocenters. The molecule has 2 aliphatic heterocycles. The first-order valence-corrected chi connectivity index (χ1v) is 7.96. The van der Waals surface area contributed by atoms with E-state index in [0.29, 0.717) is 39.1 Å². The Morgan fingerprint density at radius 2 is 1.73 bits per heavy atom. The molecule has 0 bridgehead atoms. The highest BCUT2D eigenvalue weighted by atomic mass is 16.2. The molecule has 7 heteroatoms. The SMILES string of the molecule is CCCN1CC(C(=O)N2CCN(C(=O)N(C)C)CC2)CC1=O. The Bertz CT molecular complexity index is 444. The summed E-state index contributed by atoms with van der Waals surface area (Å²) >= 11 is 0. The lowest BCUT2D eigenvalue weighted by Crippen LogP contribution is -2.54. The van der Waals surface area contributed by atoms with Crippen molar-refractivity contribution in [3.8, 4) is 0 Å². The number of piperazine rings is 1. The maximum Gasteiger partial charge on any atom is 0.319 e. The number of carbonyl (C=O) groups is 3. The van der Waals surface area contributed by atoms with Crippen LogP contribution in [0.4, 0.5) is 4.79 Å². The highest BCUT2D eigenvalue weighted by Crippen LogP contribution is 2.21. The molecule has 2 aliphatic rings. The van der Waals surface area contributed by atoms with Crippen molar-refractivity contribution in [1.82, 2.24) is 19.6 Å². The maximum absolute atomic E-state index is 12.5. The summed E-state index contributed by atoms with van der Waals surface area (Å²) in [5, 5.41) is 0. The normalized spacial score (nSPS) is 22.2. The van der Waals surface area contributed by atoms with Crippen LogP contribution in [0.15, 0.2) is 0 Å². The Labute approximate surface area is 131 Å². The van der Waals surface area contributed by atoms with Crippen LogP contribution in [0.25, 0.3) is 0 Å². The Kier molecular flexibility index (Phi) is 5.26. The quantitative estimate of drug-likeness (QED) is 0.741. The van der Waals surface area contributed by atoms with Crippen LogP contribution in [0.3, 0.4) is 0 Å². The summed E-state index contributed by atoms with van der Waals surface area (Å²) in [4.78, 5) is 43.2. The second kappa shape index (κ2) is 6.98. The topological polar surface area (TPSA) is 64.2 Å². The van der Waals surface area contributed by atoms with Crippen LogP contribution in [0.5, 0.6) is 0 Å². The summed E-state index contributed by atoms with van der Waals surface area (Å²) in [6.07, 6.45) is 1.24. The van der Waals surface area contributed by atoms with Crippen molar-refractivity contribution in [1.29, 1.82) is 0 Å². The summed E-state index contributed by atoms with van der Waals surface area (Å²) in [6, 6.07) is -0.0164. The van der Waals surface area contributed by atoms with Crippen molar-refractivity contribution < 1.29 is 14.4 Å². The predicted octanol–water partition coefficient (Wildman–Crippen LogP) is 0.0707. The molecule has 22 heavy (non-hydrogen) atoms. The van der Waals surface area contributed by atoms with E-state index in [9.17, 15) is 14.4 Å². The van der Waals surface area contributed by atoms with Crippen molar-refractivity contribution in [2.24, 2.45) is 5.92 Å². The maximum atomic E-state index is 12.5. The molecule has 0 aromatic rings. The Morgan fingerprint density at radius 3 is 2.27 bits per heavy atom. The smallest absolute Gasteiger partial charge is 0.319 e. The number of urea groups is 1. The zero-order valence-electron chi connectivity index (χ0n) is 13.7. The summed E-state index contributed by atoms with van der Waals surface area (Å²) in [5.74, 6) is -0.0688. The Balaban J connectivity index is 1.85. The van der Waals surface area contributed by atoms with Crippen LogP contribution in [-0.4, -0.2) is 90.8 Å². The van der Waals surface area contributed by atoms with Gasteiger partial charge in [0.1, 0.15) is 0 Å². The van der Waals surface area contributed by atoms with Gasteiger partial charge in [0.05, 0.1) is 5.92 Å². The summed E-state index contributed by atoms with van der Waals surface area (Å²) in [6.45, 7) is 5.53. The fourth-order valence-electron chi connectivity index (χ4n) is 3.08. The van der Waals surface area contributed by atoms with Crippen LogP contribution >= 0.6 is 0 Å².